The molecule has 2 atom stereocenters. The van der Waals surface area contributed by atoms with Crippen molar-refractivity contribution in [2.24, 2.45) is 0 Å². The normalized spacial score (nSPS) is 12.8. The predicted molar refractivity (Wildman–Crippen MR) is 123 cm³/mol. The molecule has 0 heterocycles. The van der Waals surface area contributed by atoms with Crippen molar-refractivity contribution in [2.45, 2.75) is 25.4 Å². The molecule has 0 spiro atoms. The number of aromatic hydroxyl groups is 1. The highest BCUT2D eigenvalue weighted by molar-refractivity contribution is 6.05. The Balaban J connectivity index is 1.57. The second-order valence-corrected chi connectivity index (χ2v) is 7.64. The number of benzene rings is 3. The van der Waals surface area contributed by atoms with Crippen LogP contribution in [-0.2, 0) is 4.74 Å². The first kappa shape index (κ1) is 26.4. The van der Waals surface area contributed by atoms with Crippen molar-refractivity contribution in [3.8, 4) is 11.5 Å². The third-order valence-electron chi connectivity index (χ3n) is 5.07. The number of anilines is 1. The molecule has 3 rings (SSSR count). The number of phenolic OH excluding ortho intramolecular Hbond substituents is 1. The molecule has 0 aromatic heterocycles. The third-order valence-corrected chi connectivity index (χ3v) is 5.07. The van der Waals surface area contributed by atoms with Crippen molar-refractivity contribution in [3.63, 3.8) is 0 Å². The van der Waals surface area contributed by atoms with Crippen molar-refractivity contribution in [1.82, 2.24) is 5.32 Å². The van der Waals surface area contributed by atoms with Gasteiger partial charge in [-0.15, -0.1) is 13.2 Å². The Bertz CT molecular complexity index is 1180. The highest BCUT2D eigenvalue weighted by Gasteiger charge is 2.31. The molecule has 3 aromatic carbocycles. The van der Waals surface area contributed by atoms with Gasteiger partial charge >= 0.3 is 12.5 Å². The minimum Gasteiger partial charge on any atom is -0.506 e. The standard InChI is InChI=1S/C25H23F3N2O6/c1-15(16-10-12-19(13-11-16)36-25(26,27)28)35-24(34)30-21(14-31)17-6-8-18(9-7-17)23(33)29-20-4-2-3-5-22(20)32/h2-13,15,21,31-32H,14H2,1H3,(H,29,33)(H,30,34)/t15-,21+/m0/s1. The fourth-order valence-electron chi connectivity index (χ4n) is 3.22. The number of aliphatic hydroxyl groups excluding tert-OH is 1. The number of phenols is 1. The molecule has 0 radical (unpaired) electrons. The third kappa shape index (κ3) is 7.37. The smallest absolute Gasteiger partial charge is 0.506 e. The van der Waals surface area contributed by atoms with Gasteiger partial charge in [0.25, 0.3) is 5.91 Å². The van der Waals surface area contributed by atoms with E-state index in [2.05, 4.69) is 15.4 Å². The Morgan fingerprint density at radius 3 is 2.14 bits per heavy atom. The van der Waals surface area contributed by atoms with Gasteiger partial charge in [0.05, 0.1) is 18.3 Å². The van der Waals surface area contributed by atoms with Crippen LogP contribution in [0.3, 0.4) is 0 Å². The number of para-hydroxylation sites is 2. The zero-order chi connectivity index (χ0) is 26.3. The summed E-state index contributed by atoms with van der Waals surface area (Å²) in [6.07, 6.45) is -6.47. The lowest BCUT2D eigenvalue weighted by atomic mass is 10.0. The summed E-state index contributed by atoms with van der Waals surface area (Å²) in [6, 6.07) is 16.4. The largest absolute Gasteiger partial charge is 0.573 e. The second kappa shape index (κ2) is 11.5. The summed E-state index contributed by atoms with van der Waals surface area (Å²) in [6.45, 7) is 1.07. The molecule has 3 aromatic rings. The van der Waals surface area contributed by atoms with E-state index >= 15 is 0 Å². The summed E-state index contributed by atoms with van der Waals surface area (Å²) in [7, 11) is 0. The van der Waals surface area contributed by atoms with Crippen LogP contribution in [0, 0.1) is 0 Å². The number of hydrogen-bond donors (Lipinski definition) is 4. The summed E-state index contributed by atoms with van der Waals surface area (Å²) in [5.41, 5.74) is 1.46. The van der Waals surface area contributed by atoms with Gasteiger partial charge in [0.2, 0.25) is 0 Å². The first-order chi connectivity index (χ1) is 17.1. The van der Waals surface area contributed by atoms with Crippen LogP contribution < -0.4 is 15.4 Å². The molecule has 8 nitrogen and oxygen atoms in total. The number of alkyl halides is 3. The molecule has 0 aliphatic rings. The lowest BCUT2D eigenvalue weighted by Crippen LogP contribution is -2.32. The first-order valence-electron chi connectivity index (χ1n) is 10.7. The Morgan fingerprint density at radius 2 is 1.56 bits per heavy atom. The Kier molecular flexibility index (Phi) is 8.38. The highest BCUT2D eigenvalue weighted by Crippen LogP contribution is 2.26. The van der Waals surface area contributed by atoms with E-state index in [1.807, 2.05) is 0 Å². The Labute approximate surface area is 204 Å². The molecule has 2 amide bonds. The van der Waals surface area contributed by atoms with Gasteiger partial charge < -0.3 is 30.3 Å². The van der Waals surface area contributed by atoms with Crippen molar-refractivity contribution in [3.05, 3.63) is 89.5 Å². The van der Waals surface area contributed by atoms with Gasteiger partial charge in [-0.1, -0.05) is 36.4 Å². The fourth-order valence-corrected chi connectivity index (χ4v) is 3.22. The molecule has 0 saturated heterocycles. The molecule has 0 unspecified atom stereocenters. The monoisotopic (exact) mass is 504 g/mol. The fraction of sp³-hybridized carbons (Fsp3) is 0.200. The van der Waals surface area contributed by atoms with Gasteiger partial charge in [0.1, 0.15) is 17.6 Å². The van der Waals surface area contributed by atoms with Crippen LogP contribution >= 0.6 is 0 Å². The number of halogens is 3. The molecule has 0 bridgehead atoms. The maximum Gasteiger partial charge on any atom is 0.573 e. The number of carbonyl (C=O) groups is 2. The number of rotatable bonds is 8. The lowest BCUT2D eigenvalue weighted by molar-refractivity contribution is -0.274. The van der Waals surface area contributed by atoms with Crippen LogP contribution in [0.2, 0.25) is 0 Å². The quantitative estimate of drug-likeness (QED) is 0.319. The highest BCUT2D eigenvalue weighted by atomic mass is 19.4. The molecule has 190 valence electrons. The maximum absolute atomic E-state index is 12.4. The maximum atomic E-state index is 12.4. The van der Waals surface area contributed by atoms with Gasteiger partial charge in [0.15, 0.2) is 0 Å². The minimum absolute atomic E-state index is 0.0784. The van der Waals surface area contributed by atoms with Crippen molar-refractivity contribution >= 4 is 17.7 Å². The van der Waals surface area contributed by atoms with Crippen LogP contribution in [0.4, 0.5) is 23.7 Å². The van der Waals surface area contributed by atoms with Gasteiger partial charge in [-0.25, -0.2) is 4.79 Å². The van der Waals surface area contributed by atoms with E-state index in [1.54, 1.807) is 30.3 Å². The number of carbonyl (C=O) groups excluding carboxylic acids is 2. The van der Waals surface area contributed by atoms with E-state index in [9.17, 15) is 33.0 Å². The number of nitrogens with one attached hydrogen (secondary N) is 2. The molecule has 11 heteroatoms. The van der Waals surface area contributed by atoms with Gasteiger partial charge in [0, 0.05) is 5.56 Å². The van der Waals surface area contributed by atoms with Crippen molar-refractivity contribution in [1.29, 1.82) is 0 Å². The van der Waals surface area contributed by atoms with E-state index in [1.165, 1.54) is 37.3 Å². The molecule has 0 fully saturated rings. The van der Waals surface area contributed by atoms with Gasteiger partial charge in [-0.2, -0.15) is 0 Å². The molecule has 0 aliphatic heterocycles. The summed E-state index contributed by atoms with van der Waals surface area (Å²) >= 11 is 0. The van der Waals surface area contributed by atoms with E-state index < -0.39 is 42.9 Å². The van der Waals surface area contributed by atoms with Crippen LogP contribution in [0.15, 0.2) is 72.8 Å². The van der Waals surface area contributed by atoms with Crippen LogP contribution in [0.25, 0.3) is 0 Å². The predicted octanol–water partition coefficient (Wildman–Crippen LogP) is 5.06. The minimum atomic E-state index is -4.81. The molecular formula is C25H23F3N2O6. The molecule has 4 N–H and O–H groups in total. The molecular weight excluding hydrogens is 481 g/mol. The zero-order valence-electron chi connectivity index (χ0n) is 19.0. The lowest BCUT2D eigenvalue weighted by Gasteiger charge is -2.20. The number of ether oxygens (including phenoxy) is 2. The first-order valence-corrected chi connectivity index (χ1v) is 10.7. The number of hydrogen-bond acceptors (Lipinski definition) is 6. The summed E-state index contributed by atoms with van der Waals surface area (Å²) in [4.78, 5) is 24.7. The summed E-state index contributed by atoms with van der Waals surface area (Å²) in [5.74, 6) is -0.942. The van der Waals surface area contributed by atoms with Crippen LogP contribution in [0.5, 0.6) is 11.5 Å². The van der Waals surface area contributed by atoms with E-state index in [0.717, 1.165) is 12.1 Å². The molecule has 0 aliphatic carbocycles. The Hall–Kier alpha value is -4.25. The average Bonchev–Trinajstić information content (AvgIpc) is 2.83. The SMILES string of the molecule is C[C@H](OC(=O)N[C@H](CO)c1ccc(C(=O)Nc2ccccc2O)cc1)c1ccc(OC(F)(F)F)cc1. The van der Waals surface area contributed by atoms with Gasteiger partial charge in [-0.05, 0) is 54.4 Å². The molecule has 0 saturated carbocycles. The number of aliphatic hydroxyl groups is 1. The summed E-state index contributed by atoms with van der Waals surface area (Å²) in [5, 5.41) is 24.6. The van der Waals surface area contributed by atoms with Crippen molar-refractivity contribution in [2.75, 3.05) is 11.9 Å². The zero-order valence-corrected chi connectivity index (χ0v) is 19.0. The van der Waals surface area contributed by atoms with Crippen LogP contribution in [0.1, 0.15) is 40.6 Å². The van der Waals surface area contributed by atoms with Gasteiger partial charge in [-0.3, -0.25) is 4.79 Å². The van der Waals surface area contributed by atoms with E-state index in [0.29, 0.717) is 11.1 Å². The topological polar surface area (TPSA) is 117 Å². The second-order valence-electron chi connectivity index (χ2n) is 7.64. The van der Waals surface area contributed by atoms with E-state index in [-0.39, 0.29) is 17.0 Å². The average molecular weight is 504 g/mol. The number of alkyl carbamates (subject to hydrolysis) is 1. The van der Waals surface area contributed by atoms with E-state index in [4.69, 9.17) is 4.74 Å². The Morgan fingerprint density at radius 1 is 0.944 bits per heavy atom. The van der Waals surface area contributed by atoms with Crippen molar-refractivity contribution < 1.29 is 42.4 Å². The number of amides is 2. The molecule has 36 heavy (non-hydrogen) atoms. The summed E-state index contributed by atoms with van der Waals surface area (Å²) < 4.78 is 45.9. The van der Waals surface area contributed by atoms with Crippen LogP contribution in [-0.4, -0.2) is 35.2 Å².